The SMILES string of the molecule is Cc1cc(Cl)ccc1OCC(=O)OCc1nc2ccccc2s1. The van der Waals surface area contributed by atoms with Crippen LogP contribution in [0.3, 0.4) is 0 Å². The topological polar surface area (TPSA) is 48.4 Å². The summed E-state index contributed by atoms with van der Waals surface area (Å²) in [6.45, 7) is 1.88. The number of thiazole rings is 1. The number of hydrogen-bond acceptors (Lipinski definition) is 5. The summed E-state index contributed by atoms with van der Waals surface area (Å²) in [6.07, 6.45) is 0. The van der Waals surface area contributed by atoms with Crippen molar-refractivity contribution >= 4 is 39.1 Å². The third kappa shape index (κ3) is 4.00. The number of hydrogen-bond donors (Lipinski definition) is 0. The van der Waals surface area contributed by atoms with Gasteiger partial charge in [0.15, 0.2) is 6.61 Å². The Kier molecular flexibility index (Phi) is 4.79. The van der Waals surface area contributed by atoms with Gasteiger partial charge < -0.3 is 9.47 Å². The smallest absolute Gasteiger partial charge is 0.344 e. The summed E-state index contributed by atoms with van der Waals surface area (Å²) in [6, 6.07) is 13.0. The lowest BCUT2D eigenvalue weighted by molar-refractivity contribution is -0.147. The average Bonchev–Trinajstić information content (AvgIpc) is 2.95. The van der Waals surface area contributed by atoms with E-state index in [2.05, 4.69) is 4.98 Å². The molecule has 0 aliphatic heterocycles. The summed E-state index contributed by atoms with van der Waals surface area (Å²) < 4.78 is 11.7. The van der Waals surface area contributed by atoms with E-state index in [-0.39, 0.29) is 13.2 Å². The first-order chi connectivity index (χ1) is 11.1. The first kappa shape index (κ1) is 15.8. The Bertz CT molecular complexity index is 814. The van der Waals surface area contributed by atoms with Gasteiger partial charge in [0.1, 0.15) is 17.4 Å². The highest BCUT2D eigenvalue weighted by Crippen LogP contribution is 2.23. The van der Waals surface area contributed by atoms with Crippen LogP contribution >= 0.6 is 22.9 Å². The number of aromatic nitrogens is 1. The summed E-state index contributed by atoms with van der Waals surface area (Å²) in [4.78, 5) is 16.2. The largest absolute Gasteiger partial charge is 0.482 e. The molecule has 4 nitrogen and oxygen atoms in total. The van der Waals surface area contributed by atoms with Crippen LogP contribution in [0.5, 0.6) is 5.75 Å². The van der Waals surface area contributed by atoms with Gasteiger partial charge >= 0.3 is 5.97 Å². The molecular formula is C17H14ClNO3S. The molecule has 0 spiro atoms. The van der Waals surface area contributed by atoms with Crippen molar-refractivity contribution in [2.75, 3.05) is 6.61 Å². The van der Waals surface area contributed by atoms with Crippen LogP contribution in [0.4, 0.5) is 0 Å². The first-order valence-electron chi connectivity index (χ1n) is 7.01. The van der Waals surface area contributed by atoms with Crippen molar-refractivity contribution in [3.8, 4) is 5.75 Å². The molecule has 0 unspecified atom stereocenters. The number of aryl methyl sites for hydroxylation is 1. The number of para-hydroxylation sites is 1. The van der Waals surface area contributed by atoms with E-state index in [1.807, 2.05) is 31.2 Å². The fraction of sp³-hybridized carbons (Fsp3) is 0.176. The van der Waals surface area contributed by atoms with Crippen molar-refractivity contribution in [3.05, 3.63) is 58.1 Å². The maximum atomic E-state index is 11.8. The third-order valence-corrected chi connectivity index (χ3v) is 4.42. The van der Waals surface area contributed by atoms with E-state index >= 15 is 0 Å². The molecule has 0 aliphatic carbocycles. The van der Waals surface area contributed by atoms with Crippen molar-refractivity contribution in [1.29, 1.82) is 0 Å². The van der Waals surface area contributed by atoms with Gasteiger partial charge in [-0.25, -0.2) is 9.78 Å². The van der Waals surface area contributed by atoms with E-state index in [0.29, 0.717) is 10.8 Å². The van der Waals surface area contributed by atoms with Crippen LogP contribution in [-0.2, 0) is 16.1 Å². The molecule has 0 N–H and O–H groups in total. The summed E-state index contributed by atoms with van der Waals surface area (Å²) in [5, 5.41) is 1.40. The number of rotatable bonds is 5. The molecule has 0 amide bonds. The molecule has 1 heterocycles. The van der Waals surface area contributed by atoms with Crippen LogP contribution < -0.4 is 4.74 Å². The van der Waals surface area contributed by atoms with Gasteiger partial charge in [-0.2, -0.15) is 0 Å². The van der Waals surface area contributed by atoms with Crippen LogP contribution in [0.15, 0.2) is 42.5 Å². The van der Waals surface area contributed by atoms with E-state index in [4.69, 9.17) is 21.1 Å². The summed E-state index contributed by atoms with van der Waals surface area (Å²) in [7, 11) is 0. The molecule has 0 atom stereocenters. The average molecular weight is 348 g/mol. The number of nitrogens with zero attached hydrogens (tertiary/aromatic N) is 1. The monoisotopic (exact) mass is 347 g/mol. The minimum Gasteiger partial charge on any atom is -0.482 e. The molecule has 3 aromatic rings. The van der Waals surface area contributed by atoms with Gasteiger partial charge in [-0.15, -0.1) is 11.3 Å². The van der Waals surface area contributed by atoms with Crippen LogP contribution in [0, 0.1) is 6.92 Å². The lowest BCUT2D eigenvalue weighted by Crippen LogP contribution is -2.15. The normalized spacial score (nSPS) is 10.7. The van der Waals surface area contributed by atoms with Gasteiger partial charge in [0, 0.05) is 5.02 Å². The molecule has 118 valence electrons. The van der Waals surface area contributed by atoms with Gasteiger partial charge in [-0.1, -0.05) is 23.7 Å². The minimum absolute atomic E-state index is 0.145. The quantitative estimate of drug-likeness (QED) is 0.642. The number of ether oxygens (including phenoxy) is 2. The molecule has 2 aromatic carbocycles. The van der Waals surface area contributed by atoms with Gasteiger partial charge in [0.25, 0.3) is 0 Å². The second-order valence-corrected chi connectivity index (χ2v) is 6.49. The van der Waals surface area contributed by atoms with E-state index in [9.17, 15) is 4.79 Å². The minimum atomic E-state index is -0.432. The number of halogens is 1. The molecule has 3 rings (SSSR count). The highest BCUT2D eigenvalue weighted by atomic mass is 35.5. The molecule has 0 bridgehead atoms. The van der Waals surface area contributed by atoms with Gasteiger partial charge in [-0.3, -0.25) is 0 Å². The molecule has 0 radical (unpaired) electrons. The zero-order valence-electron chi connectivity index (χ0n) is 12.4. The number of fused-ring (bicyclic) bond motifs is 1. The Hall–Kier alpha value is -2.11. The lowest BCUT2D eigenvalue weighted by atomic mass is 10.2. The molecule has 0 aliphatic rings. The predicted molar refractivity (Wildman–Crippen MR) is 91.1 cm³/mol. The predicted octanol–water partition coefficient (Wildman–Crippen LogP) is 4.38. The number of esters is 1. The third-order valence-electron chi connectivity index (χ3n) is 3.18. The van der Waals surface area contributed by atoms with Crippen molar-refractivity contribution in [3.63, 3.8) is 0 Å². The fourth-order valence-electron chi connectivity index (χ4n) is 2.08. The Balaban J connectivity index is 1.53. The van der Waals surface area contributed by atoms with E-state index in [1.54, 1.807) is 18.2 Å². The van der Waals surface area contributed by atoms with Crippen LogP contribution in [0.25, 0.3) is 10.2 Å². The summed E-state index contributed by atoms with van der Waals surface area (Å²) in [5.74, 6) is 0.185. The molecule has 0 saturated carbocycles. The first-order valence-corrected chi connectivity index (χ1v) is 8.20. The Morgan fingerprint density at radius 3 is 2.87 bits per heavy atom. The summed E-state index contributed by atoms with van der Waals surface area (Å²) in [5.41, 5.74) is 1.79. The second-order valence-electron chi connectivity index (χ2n) is 4.93. The van der Waals surface area contributed by atoms with Crippen LogP contribution in [0.1, 0.15) is 10.6 Å². The van der Waals surface area contributed by atoms with E-state index in [1.165, 1.54) is 11.3 Å². The van der Waals surface area contributed by atoms with Crippen molar-refractivity contribution < 1.29 is 14.3 Å². The maximum Gasteiger partial charge on any atom is 0.344 e. The zero-order valence-corrected chi connectivity index (χ0v) is 14.0. The number of carbonyl (C=O) groups excluding carboxylic acids is 1. The summed E-state index contributed by atoms with van der Waals surface area (Å²) >= 11 is 7.39. The molecule has 6 heteroatoms. The lowest BCUT2D eigenvalue weighted by Gasteiger charge is -2.08. The van der Waals surface area contributed by atoms with Crippen molar-refractivity contribution in [2.45, 2.75) is 13.5 Å². The Morgan fingerprint density at radius 2 is 2.09 bits per heavy atom. The van der Waals surface area contributed by atoms with Gasteiger partial charge in [-0.05, 0) is 42.8 Å². The maximum absolute atomic E-state index is 11.8. The van der Waals surface area contributed by atoms with Crippen LogP contribution in [0.2, 0.25) is 5.02 Å². The van der Waals surface area contributed by atoms with Crippen molar-refractivity contribution in [2.24, 2.45) is 0 Å². The van der Waals surface area contributed by atoms with Gasteiger partial charge in [0.2, 0.25) is 0 Å². The van der Waals surface area contributed by atoms with E-state index < -0.39 is 5.97 Å². The molecule has 23 heavy (non-hydrogen) atoms. The second kappa shape index (κ2) is 6.98. The van der Waals surface area contributed by atoms with Crippen molar-refractivity contribution in [1.82, 2.24) is 4.98 Å². The van der Waals surface area contributed by atoms with E-state index in [0.717, 1.165) is 20.8 Å². The highest BCUT2D eigenvalue weighted by Gasteiger charge is 2.09. The molecule has 1 aromatic heterocycles. The molecular weight excluding hydrogens is 334 g/mol. The fourth-order valence-corrected chi connectivity index (χ4v) is 3.18. The number of carbonyl (C=O) groups is 1. The zero-order chi connectivity index (χ0) is 16.2. The molecule has 0 saturated heterocycles. The van der Waals surface area contributed by atoms with Gasteiger partial charge in [0.05, 0.1) is 10.2 Å². The standard InChI is InChI=1S/C17H14ClNO3S/c1-11-8-12(18)6-7-14(11)21-10-17(20)22-9-16-19-13-4-2-3-5-15(13)23-16/h2-8H,9-10H2,1H3. The number of benzene rings is 2. The van der Waals surface area contributed by atoms with Crippen LogP contribution in [-0.4, -0.2) is 17.6 Å². The Morgan fingerprint density at radius 1 is 1.26 bits per heavy atom. The molecule has 0 fully saturated rings. The Labute approximate surface area is 142 Å². The highest BCUT2D eigenvalue weighted by molar-refractivity contribution is 7.18.